The predicted molar refractivity (Wildman–Crippen MR) is 64.3 cm³/mol. The van der Waals surface area contributed by atoms with E-state index in [1.165, 1.54) is 5.56 Å². The molecule has 0 aliphatic rings. The summed E-state index contributed by atoms with van der Waals surface area (Å²) in [5, 5.41) is 0. The van der Waals surface area contributed by atoms with E-state index in [9.17, 15) is 0 Å². The van der Waals surface area contributed by atoms with Gasteiger partial charge in [0, 0.05) is 5.88 Å². The van der Waals surface area contributed by atoms with Gasteiger partial charge in [0.15, 0.2) is 0 Å². The number of rotatable bonds is 4. The molecule has 0 atom stereocenters. The fourth-order valence-electron chi connectivity index (χ4n) is 1.03. The molecule has 0 nitrogen and oxygen atoms in total. The van der Waals surface area contributed by atoms with Gasteiger partial charge < -0.3 is 0 Å². The topological polar surface area (TPSA) is 0 Å². The van der Waals surface area contributed by atoms with Crippen molar-refractivity contribution in [2.75, 3.05) is 5.88 Å². The Kier molecular flexibility index (Phi) is 4.21. The number of alkyl halides is 1. The van der Waals surface area contributed by atoms with Gasteiger partial charge in [-0.1, -0.05) is 56.3 Å². The first-order valence-corrected chi connectivity index (χ1v) is 5.31. The highest BCUT2D eigenvalue weighted by Crippen LogP contribution is 2.21. The van der Waals surface area contributed by atoms with E-state index >= 15 is 0 Å². The van der Waals surface area contributed by atoms with Crippen LogP contribution in [-0.4, -0.2) is 5.88 Å². The van der Waals surface area contributed by atoms with E-state index in [0.29, 0.717) is 5.88 Å². The molecule has 0 amide bonds. The number of allylic oxidation sites excluding steroid dienone is 1. The monoisotopic (exact) mass is 207 g/mol. The van der Waals surface area contributed by atoms with Crippen molar-refractivity contribution in [2.45, 2.75) is 13.8 Å². The van der Waals surface area contributed by atoms with Gasteiger partial charge in [-0.05, 0) is 17.4 Å². The summed E-state index contributed by atoms with van der Waals surface area (Å²) >= 11 is 5.81. The van der Waals surface area contributed by atoms with Crippen molar-refractivity contribution in [3.8, 4) is 0 Å². The van der Waals surface area contributed by atoms with Gasteiger partial charge in [-0.15, -0.1) is 11.6 Å². The van der Waals surface area contributed by atoms with E-state index < -0.39 is 0 Å². The van der Waals surface area contributed by atoms with Crippen molar-refractivity contribution in [2.24, 2.45) is 5.41 Å². The Morgan fingerprint density at radius 2 is 1.86 bits per heavy atom. The van der Waals surface area contributed by atoms with Crippen molar-refractivity contribution in [1.82, 2.24) is 0 Å². The highest BCUT2D eigenvalue weighted by molar-refractivity contribution is 6.18. The van der Waals surface area contributed by atoms with Crippen molar-refractivity contribution in [3.05, 3.63) is 48.4 Å². The molecule has 0 bridgehead atoms. The summed E-state index contributed by atoms with van der Waals surface area (Å²) in [7, 11) is 0. The average molecular weight is 208 g/mol. The first kappa shape index (κ1) is 11.3. The lowest BCUT2D eigenvalue weighted by molar-refractivity contribution is 0.518. The lowest BCUT2D eigenvalue weighted by Crippen LogP contribution is -2.12. The van der Waals surface area contributed by atoms with Crippen molar-refractivity contribution in [3.63, 3.8) is 0 Å². The number of hydrogen-bond donors (Lipinski definition) is 0. The van der Waals surface area contributed by atoms with Crippen LogP contribution < -0.4 is 0 Å². The minimum Gasteiger partial charge on any atom is -0.126 e. The third-order valence-corrected chi connectivity index (χ3v) is 2.67. The third-order valence-electron chi connectivity index (χ3n) is 1.98. The Balaban J connectivity index is 2.50. The Morgan fingerprint density at radius 1 is 1.21 bits per heavy atom. The van der Waals surface area contributed by atoms with Gasteiger partial charge in [-0.25, -0.2) is 0 Å². The van der Waals surface area contributed by atoms with E-state index in [2.05, 4.69) is 44.6 Å². The molecule has 0 saturated carbocycles. The minimum absolute atomic E-state index is 0.0762. The molecule has 0 aliphatic carbocycles. The molecule has 0 unspecified atom stereocenters. The van der Waals surface area contributed by atoms with Gasteiger partial charge in [0.1, 0.15) is 0 Å². The molecule has 1 aromatic rings. The summed E-state index contributed by atoms with van der Waals surface area (Å²) in [5.41, 5.74) is 1.29. The molecular formula is C13H16Cl. The normalized spacial score (nSPS) is 12.2. The fourth-order valence-corrected chi connectivity index (χ4v) is 1.12. The second-order valence-electron chi connectivity index (χ2n) is 4.06. The van der Waals surface area contributed by atoms with Gasteiger partial charge in [0.25, 0.3) is 0 Å². The number of halogens is 1. The van der Waals surface area contributed by atoms with Gasteiger partial charge in [-0.2, -0.15) is 0 Å². The average Bonchev–Trinajstić information content (AvgIpc) is 2.19. The zero-order valence-electron chi connectivity index (χ0n) is 8.70. The Labute approximate surface area is 91.6 Å². The maximum atomic E-state index is 5.81. The number of benzene rings is 1. The summed E-state index contributed by atoms with van der Waals surface area (Å²) in [6.07, 6.45) is 6.29. The van der Waals surface area contributed by atoms with E-state index in [4.69, 9.17) is 11.6 Å². The van der Waals surface area contributed by atoms with Crippen LogP contribution in [0.5, 0.6) is 0 Å². The molecule has 0 saturated heterocycles. The first-order chi connectivity index (χ1) is 6.64. The van der Waals surface area contributed by atoms with Gasteiger partial charge in [0.2, 0.25) is 0 Å². The summed E-state index contributed by atoms with van der Waals surface area (Å²) in [6, 6.07) is 10.2. The lowest BCUT2D eigenvalue weighted by atomic mass is 9.91. The van der Waals surface area contributed by atoms with Gasteiger partial charge >= 0.3 is 0 Å². The SMILES string of the molecule is CC(C)([CH]C=Cc1ccccc1)CCl. The maximum Gasteiger partial charge on any atom is 0.0280 e. The molecule has 75 valence electrons. The second kappa shape index (κ2) is 5.21. The zero-order valence-corrected chi connectivity index (χ0v) is 9.46. The molecule has 1 radical (unpaired) electrons. The molecule has 0 N–H and O–H groups in total. The molecule has 0 aromatic heterocycles. The molecule has 0 spiro atoms. The molecule has 1 rings (SSSR count). The van der Waals surface area contributed by atoms with Crippen LogP contribution in [0.25, 0.3) is 6.08 Å². The van der Waals surface area contributed by atoms with Crippen molar-refractivity contribution < 1.29 is 0 Å². The van der Waals surface area contributed by atoms with E-state index in [1.807, 2.05) is 18.2 Å². The van der Waals surface area contributed by atoms with Crippen LogP contribution in [0.3, 0.4) is 0 Å². The second-order valence-corrected chi connectivity index (χ2v) is 4.33. The van der Waals surface area contributed by atoms with Crippen LogP contribution in [0.2, 0.25) is 0 Å². The van der Waals surface area contributed by atoms with Crippen LogP contribution in [0.1, 0.15) is 19.4 Å². The highest BCUT2D eigenvalue weighted by atomic mass is 35.5. The molecule has 14 heavy (non-hydrogen) atoms. The highest BCUT2D eigenvalue weighted by Gasteiger charge is 2.13. The largest absolute Gasteiger partial charge is 0.126 e. The molecule has 0 aliphatic heterocycles. The van der Waals surface area contributed by atoms with Gasteiger partial charge in [-0.3, -0.25) is 0 Å². The fraction of sp³-hybridized carbons (Fsp3) is 0.308. The minimum atomic E-state index is 0.0762. The lowest BCUT2D eigenvalue weighted by Gasteiger charge is -2.17. The van der Waals surface area contributed by atoms with Crippen LogP contribution >= 0.6 is 11.6 Å². The molecule has 1 aromatic carbocycles. The van der Waals surface area contributed by atoms with E-state index in [0.717, 1.165) is 0 Å². The van der Waals surface area contributed by atoms with Crippen LogP contribution in [-0.2, 0) is 0 Å². The van der Waals surface area contributed by atoms with Crippen LogP contribution in [0, 0.1) is 11.8 Å². The number of hydrogen-bond acceptors (Lipinski definition) is 0. The Morgan fingerprint density at radius 3 is 2.43 bits per heavy atom. The summed E-state index contributed by atoms with van der Waals surface area (Å²) < 4.78 is 0. The zero-order chi connectivity index (χ0) is 10.4. The van der Waals surface area contributed by atoms with E-state index in [1.54, 1.807) is 0 Å². The summed E-state index contributed by atoms with van der Waals surface area (Å²) in [5.74, 6) is 0.645. The maximum absolute atomic E-state index is 5.81. The Hall–Kier alpha value is -0.750. The van der Waals surface area contributed by atoms with Crippen LogP contribution in [0.4, 0.5) is 0 Å². The third kappa shape index (κ3) is 3.97. The summed E-state index contributed by atoms with van der Waals surface area (Å²) in [6.45, 7) is 4.24. The molecule has 1 heteroatoms. The standard InChI is InChI=1S/C13H16Cl/c1-13(2,11-14)10-6-9-12-7-4-3-5-8-12/h3-10H,11H2,1-2H3. The van der Waals surface area contributed by atoms with E-state index in [-0.39, 0.29) is 5.41 Å². The smallest absolute Gasteiger partial charge is 0.0280 e. The van der Waals surface area contributed by atoms with Crippen molar-refractivity contribution in [1.29, 1.82) is 0 Å². The van der Waals surface area contributed by atoms with Crippen LogP contribution in [0.15, 0.2) is 36.4 Å². The van der Waals surface area contributed by atoms with Crippen molar-refractivity contribution >= 4 is 17.7 Å². The summed E-state index contributed by atoms with van der Waals surface area (Å²) in [4.78, 5) is 0. The predicted octanol–water partition coefficient (Wildman–Crippen LogP) is 4.17. The first-order valence-electron chi connectivity index (χ1n) is 4.78. The molecule has 0 heterocycles. The molecule has 0 fully saturated rings. The molecular weight excluding hydrogens is 192 g/mol. The van der Waals surface area contributed by atoms with Gasteiger partial charge in [0.05, 0.1) is 0 Å². The quantitative estimate of drug-likeness (QED) is 0.651. The Bertz CT molecular complexity index is 285.